The van der Waals surface area contributed by atoms with E-state index in [1.807, 2.05) is 6.92 Å². The molecule has 0 radical (unpaired) electrons. The summed E-state index contributed by atoms with van der Waals surface area (Å²) in [4.78, 5) is 32.8. The second kappa shape index (κ2) is 9.26. The van der Waals surface area contributed by atoms with Gasteiger partial charge < -0.3 is 21.5 Å². The summed E-state index contributed by atoms with van der Waals surface area (Å²) < 4.78 is 0. The van der Waals surface area contributed by atoms with Crippen molar-refractivity contribution in [2.24, 2.45) is 5.73 Å². The summed E-state index contributed by atoms with van der Waals surface area (Å²) in [5.74, 6) is -1.77. The molecule has 7 nitrogen and oxygen atoms in total. The molecule has 18 heavy (non-hydrogen) atoms. The maximum absolute atomic E-state index is 11.4. The predicted molar refractivity (Wildman–Crippen MR) is 65.9 cm³/mol. The molecule has 0 bridgehead atoms. The Balaban J connectivity index is 3.96. The molecule has 0 aromatic carbocycles. The number of rotatable bonds is 9. The fraction of sp³-hybridized carbons (Fsp3) is 0.727. The summed E-state index contributed by atoms with van der Waals surface area (Å²) in [6.45, 7) is 2.55. The van der Waals surface area contributed by atoms with Gasteiger partial charge in [-0.2, -0.15) is 0 Å². The highest BCUT2D eigenvalue weighted by atomic mass is 16.4. The number of urea groups is 1. The average molecular weight is 259 g/mol. The average Bonchev–Trinajstić information content (AvgIpc) is 2.29. The molecule has 3 amide bonds. The Morgan fingerprint density at radius 1 is 1.28 bits per heavy atom. The number of carbonyl (C=O) groups is 3. The van der Waals surface area contributed by atoms with Crippen LogP contribution in [0.3, 0.4) is 0 Å². The van der Waals surface area contributed by atoms with Crippen LogP contribution in [0.25, 0.3) is 0 Å². The summed E-state index contributed by atoms with van der Waals surface area (Å²) in [5, 5.41) is 13.7. The Kier molecular flexibility index (Phi) is 8.34. The number of amides is 3. The molecule has 0 fully saturated rings. The van der Waals surface area contributed by atoms with Crippen LogP contribution in [0, 0.1) is 0 Å². The van der Waals surface area contributed by atoms with Gasteiger partial charge in [0, 0.05) is 13.0 Å². The van der Waals surface area contributed by atoms with Gasteiger partial charge in [-0.3, -0.25) is 4.79 Å². The second-order valence-electron chi connectivity index (χ2n) is 4.00. The lowest BCUT2D eigenvalue weighted by Gasteiger charge is -2.14. The van der Waals surface area contributed by atoms with Gasteiger partial charge in [0.2, 0.25) is 5.91 Å². The third-order valence-electron chi connectivity index (χ3n) is 2.35. The highest BCUT2D eigenvalue weighted by molar-refractivity contribution is 5.83. The van der Waals surface area contributed by atoms with Crippen LogP contribution in [0.2, 0.25) is 0 Å². The van der Waals surface area contributed by atoms with Crippen LogP contribution in [-0.4, -0.2) is 35.6 Å². The number of carbonyl (C=O) groups excluding carboxylic acids is 2. The minimum atomic E-state index is -1.18. The third-order valence-corrected chi connectivity index (χ3v) is 2.35. The molecule has 1 atom stereocenters. The first-order chi connectivity index (χ1) is 8.47. The molecule has 0 rings (SSSR count). The van der Waals surface area contributed by atoms with Crippen LogP contribution in [0.4, 0.5) is 4.79 Å². The van der Waals surface area contributed by atoms with E-state index in [-0.39, 0.29) is 12.8 Å². The summed E-state index contributed by atoms with van der Waals surface area (Å²) in [6, 6.07) is -1.63. The van der Waals surface area contributed by atoms with Gasteiger partial charge in [0.1, 0.15) is 6.04 Å². The number of aliphatic carboxylic acids is 1. The van der Waals surface area contributed by atoms with Gasteiger partial charge in [-0.1, -0.05) is 19.8 Å². The Morgan fingerprint density at radius 2 is 1.94 bits per heavy atom. The molecule has 0 aromatic heterocycles. The van der Waals surface area contributed by atoms with Crippen LogP contribution in [-0.2, 0) is 9.59 Å². The van der Waals surface area contributed by atoms with E-state index in [9.17, 15) is 14.4 Å². The first-order valence-electron chi connectivity index (χ1n) is 6.02. The van der Waals surface area contributed by atoms with Gasteiger partial charge >= 0.3 is 12.0 Å². The van der Waals surface area contributed by atoms with Crippen molar-refractivity contribution in [3.63, 3.8) is 0 Å². The number of hydrogen-bond donors (Lipinski definition) is 4. The van der Waals surface area contributed by atoms with Crippen molar-refractivity contribution in [1.82, 2.24) is 10.6 Å². The number of nitrogens with one attached hydrogen (secondary N) is 2. The molecular formula is C11H21N3O4. The van der Waals surface area contributed by atoms with Crippen LogP contribution >= 0.6 is 0 Å². The molecule has 1 unspecified atom stereocenters. The Morgan fingerprint density at radius 3 is 2.44 bits per heavy atom. The van der Waals surface area contributed by atoms with Gasteiger partial charge in [-0.05, 0) is 12.8 Å². The molecule has 0 aliphatic heterocycles. The quantitative estimate of drug-likeness (QED) is 0.442. The molecule has 7 heteroatoms. The van der Waals surface area contributed by atoms with Crippen LogP contribution in [0.5, 0.6) is 0 Å². The van der Waals surface area contributed by atoms with E-state index in [1.54, 1.807) is 0 Å². The van der Waals surface area contributed by atoms with Crippen molar-refractivity contribution >= 4 is 17.9 Å². The first kappa shape index (κ1) is 16.2. The van der Waals surface area contributed by atoms with E-state index in [0.717, 1.165) is 19.3 Å². The lowest BCUT2D eigenvalue weighted by Crippen LogP contribution is -2.46. The normalized spacial score (nSPS) is 11.6. The maximum atomic E-state index is 11.4. The van der Waals surface area contributed by atoms with Gasteiger partial charge in [-0.25, -0.2) is 9.59 Å². The largest absolute Gasteiger partial charge is 0.480 e. The zero-order valence-electron chi connectivity index (χ0n) is 10.6. The predicted octanol–water partition coefficient (Wildman–Crippen LogP) is 0.195. The van der Waals surface area contributed by atoms with Gasteiger partial charge in [0.15, 0.2) is 0 Å². The number of hydrogen-bond acceptors (Lipinski definition) is 3. The SMILES string of the molecule is CCCCCNC(=O)NC(CCC(N)=O)C(=O)O. The van der Waals surface area contributed by atoms with E-state index in [0.29, 0.717) is 6.54 Å². The number of unbranched alkanes of at least 4 members (excludes halogenated alkanes) is 2. The number of nitrogens with two attached hydrogens (primary N) is 1. The fourth-order valence-electron chi connectivity index (χ4n) is 1.33. The van der Waals surface area contributed by atoms with E-state index in [2.05, 4.69) is 10.6 Å². The molecule has 0 aromatic rings. The number of carboxylic acid groups (broad SMARTS) is 1. The molecule has 5 N–H and O–H groups in total. The van der Waals surface area contributed by atoms with Gasteiger partial charge in [0.25, 0.3) is 0 Å². The highest BCUT2D eigenvalue weighted by Gasteiger charge is 2.20. The van der Waals surface area contributed by atoms with Crippen molar-refractivity contribution in [3.05, 3.63) is 0 Å². The molecule has 0 aliphatic rings. The zero-order chi connectivity index (χ0) is 14.0. The lowest BCUT2D eigenvalue weighted by molar-refractivity contribution is -0.139. The van der Waals surface area contributed by atoms with E-state index in [4.69, 9.17) is 10.8 Å². The fourth-order valence-corrected chi connectivity index (χ4v) is 1.33. The summed E-state index contributed by atoms with van der Waals surface area (Å²) in [6.07, 6.45) is 2.81. The maximum Gasteiger partial charge on any atom is 0.326 e. The molecule has 0 heterocycles. The highest BCUT2D eigenvalue weighted by Crippen LogP contribution is 1.97. The third kappa shape index (κ3) is 8.37. The van der Waals surface area contributed by atoms with Crippen molar-refractivity contribution in [3.8, 4) is 0 Å². The lowest BCUT2D eigenvalue weighted by atomic mass is 10.1. The Labute approximate surface area is 106 Å². The molecule has 104 valence electrons. The summed E-state index contributed by atoms with van der Waals surface area (Å²) in [7, 11) is 0. The summed E-state index contributed by atoms with van der Waals surface area (Å²) >= 11 is 0. The van der Waals surface area contributed by atoms with Crippen molar-refractivity contribution in [2.75, 3.05) is 6.54 Å². The Bertz CT molecular complexity index is 294. The van der Waals surface area contributed by atoms with E-state index >= 15 is 0 Å². The molecule has 0 spiro atoms. The summed E-state index contributed by atoms with van der Waals surface area (Å²) in [5.41, 5.74) is 4.93. The zero-order valence-corrected chi connectivity index (χ0v) is 10.6. The second-order valence-corrected chi connectivity index (χ2v) is 4.00. The van der Waals surface area contributed by atoms with Crippen LogP contribution in [0.15, 0.2) is 0 Å². The minimum absolute atomic E-state index is 0.00690. The van der Waals surface area contributed by atoms with Crippen molar-refractivity contribution in [1.29, 1.82) is 0 Å². The molecule has 0 aliphatic carbocycles. The van der Waals surface area contributed by atoms with Crippen molar-refractivity contribution < 1.29 is 19.5 Å². The molecular weight excluding hydrogens is 238 g/mol. The Hall–Kier alpha value is -1.79. The molecule has 0 saturated heterocycles. The van der Waals surface area contributed by atoms with Crippen LogP contribution in [0.1, 0.15) is 39.0 Å². The minimum Gasteiger partial charge on any atom is -0.480 e. The number of primary amides is 1. The first-order valence-corrected chi connectivity index (χ1v) is 6.02. The standard InChI is InChI=1S/C11H21N3O4/c1-2-3-4-7-13-11(18)14-8(10(16)17)5-6-9(12)15/h8H,2-7H2,1H3,(H2,12,15)(H,16,17)(H2,13,14,18). The number of carboxylic acids is 1. The smallest absolute Gasteiger partial charge is 0.326 e. The van der Waals surface area contributed by atoms with Gasteiger partial charge in [0.05, 0.1) is 0 Å². The van der Waals surface area contributed by atoms with Crippen molar-refractivity contribution in [2.45, 2.75) is 45.1 Å². The topological polar surface area (TPSA) is 122 Å². The molecule has 0 saturated carbocycles. The van der Waals surface area contributed by atoms with Crippen LogP contribution < -0.4 is 16.4 Å². The van der Waals surface area contributed by atoms with Gasteiger partial charge in [-0.15, -0.1) is 0 Å². The van der Waals surface area contributed by atoms with E-state index < -0.39 is 23.9 Å². The van der Waals surface area contributed by atoms with E-state index in [1.165, 1.54) is 0 Å². The monoisotopic (exact) mass is 259 g/mol.